The molecule has 0 spiro atoms. The van der Waals surface area contributed by atoms with Gasteiger partial charge in [-0.2, -0.15) is 0 Å². The molecule has 2 aromatic carbocycles. The lowest BCUT2D eigenvalue weighted by molar-refractivity contribution is -0.131. The van der Waals surface area contributed by atoms with Crippen molar-refractivity contribution in [2.45, 2.75) is 25.5 Å². The number of hydrogen-bond donors (Lipinski definition) is 2. The van der Waals surface area contributed by atoms with Crippen molar-refractivity contribution >= 4 is 57.9 Å². The third-order valence-corrected chi connectivity index (χ3v) is 6.35. The SMILES string of the molecule is Cc1nc(S/C(=C\c2c(C)n(Cc3ccc(Cl)cc3Cl)c3ccccc23)C(=O)O)n[nH]1. The number of fused-ring (bicyclic) bond motifs is 1. The topological polar surface area (TPSA) is 83.8 Å². The molecule has 4 rings (SSSR count). The predicted molar refractivity (Wildman–Crippen MR) is 125 cm³/mol. The molecular formula is C22H18Cl2N4O2S. The zero-order valence-corrected chi connectivity index (χ0v) is 19.0. The van der Waals surface area contributed by atoms with Crippen molar-refractivity contribution in [3.63, 3.8) is 0 Å². The Morgan fingerprint density at radius 1 is 1.23 bits per heavy atom. The van der Waals surface area contributed by atoms with Gasteiger partial charge in [-0.3, -0.25) is 5.10 Å². The molecule has 0 saturated heterocycles. The number of aryl methyl sites for hydroxylation is 1. The Labute approximate surface area is 192 Å². The Balaban J connectivity index is 1.81. The summed E-state index contributed by atoms with van der Waals surface area (Å²) in [7, 11) is 0. The van der Waals surface area contributed by atoms with E-state index in [0.717, 1.165) is 39.5 Å². The second-order valence-electron chi connectivity index (χ2n) is 6.96. The number of H-pyrrole nitrogens is 1. The van der Waals surface area contributed by atoms with Crippen LogP contribution in [-0.2, 0) is 11.3 Å². The fraction of sp³-hybridized carbons (Fsp3) is 0.136. The van der Waals surface area contributed by atoms with Crippen molar-refractivity contribution in [1.29, 1.82) is 0 Å². The molecule has 6 nitrogen and oxygen atoms in total. The van der Waals surface area contributed by atoms with Crippen LogP contribution in [0.4, 0.5) is 0 Å². The number of halogens is 2. The van der Waals surface area contributed by atoms with Crippen LogP contribution in [0, 0.1) is 13.8 Å². The van der Waals surface area contributed by atoms with Gasteiger partial charge in [-0.25, -0.2) is 9.78 Å². The average molecular weight is 473 g/mol. The molecule has 31 heavy (non-hydrogen) atoms. The summed E-state index contributed by atoms with van der Waals surface area (Å²) in [6.07, 6.45) is 1.68. The number of thioether (sulfide) groups is 1. The number of carbonyl (C=O) groups is 1. The van der Waals surface area contributed by atoms with Crippen molar-refractivity contribution in [1.82, 2.24) is 19.7 Å². The van der Waals surface area contributed by atoms with E-state index in [2.05, 4.69) is 19.7 Å². The first-order valence-corrected chi connectivity index (χ1v) is 10.9. The quantitative estimate of drug-likeness (QED) is 0.267. The molecular weight excluding hydrogens is 455 g/mol. The Hall–Kier alpha value is -2.74. The summed E-state index contributed by atoms with van der Waals surface area (Å²) in [5, 5.41) is 19.0. The number of rotatable bonds is 6. The molecule has 2 heterocycles. The average Bonchev–Trinajstić information content (AvgIpc) is 3.25. The number of carboxylic acids is 1. The van der Waals surface area contributed by atoms with Gasteiger partial charge in [-0.1, -0.05) is 47.5 Å². The molecule has 158 valence electrons. The highest BCUT2D eigenvalue weighted by Gasteiger charge is 2.18. The standard InChI is InChI=1S/C22H18Cl2N4O2S/c1-12-17(10-20(21(29)30)31-22-25-13(2)26-27-22)16-5-3-4-6-19(16)28(12)11-14-7-8-15(23)9-18(14)24/h3-10H,11H2,1-2H3,(H,29,30)(H,25,26,27)/b20-10-. The van der Waals surface area contributed by atoms with Crippen LogP contribution in [0.25, 0.3) is 17.0 Å². The second kappa shape index (κ2) is 8.78. The summed E-state index contributed by atoms with van der Waals surface area (Å²) in [6.45, 7) is 4.27. The molecule has 2 N–H and O–H groups in total. The predicted octanol–water partition coefficient (Wildman–Crippen LogP) is 5.95. The van der Waals surface area contributed by atoms with Crippen molar-refractivity contribution in [2.75, 3.05) is 0 Å². The number of aromatic amines is 1. The van der Waals surface area contributed by atoms with Crippen LogP contribution in [0.15, 0.2) is 52.5 Å². The van der Waals surface area contributed by atoms with Crippen LogP contribution < -0.4 is 0 Å². The zero-order valence-electron chi connectivity index (χ0n) is 16.7. The minimum absolute atomic E-state index is 0.134. The summed E-state index contributed by atoms with van der Waals surface area (Å²) in [5.41, 5.74) is 3.67. The fourth-order valence-corrected chi connectivity index (χ4v) is 4.60. The lowest BCUT2D eigenvalue weighted by Gasteiger charge is -2.11. The van der Waals surface area contributed by atoms with Crippen LogP contribution in [0.5, 0.6) is 0 Å². The van der Waals surface area contributed by atoms with E-state index < -0.39 is 5.97 Å². The summed E-state index contributed by atoms with van der Waals surface area (Å²) in [5.74, 6) is -0.413. The summed E-state index contributed by atoms with van der Waals surface area (Å²) in [6, 6.07) is 13.3. The van der Waals surface area contributed by atoms with Crippen molar-refractivity contribution < 1.29 is 9.90 Å². The van der Waals surface area contributed by atoms with Crippen LogP contribution in [-0.4, -0.2) is 30.8 Å². The first kappa shape index (κ1) is 21.5. The highest BCUT2D eigenvalue weighted by Crippen LogP contribution is 2.33. The molecule has 0 unspecified atom stereocenters. The summed E-state index contributed by atoms with van der Waals surface area (Å²) >= 11 is 13.4. The van der Waals surface area contributed by atoms with Crippen LogP contribution in [0.1, 0.15) is 22.6 Å². The minimum Gasteiger partial charge on any atom is -0.477 e. The summed E-state index contributed by atoms with van der Waals surface area (Å²) in [4.78, 5) is 16.3. The molecule has 0 aliphatic rings. The lowest BCUT2D eigenvalue weighted by Crippen LogP contribution is -2.03. The number of para-hydroxylation sites is 1. The Kier molecular flexibility index (Phi) is 6.09. The maximum Gasteiger partial charge on any atom is 0.342 e. The number of carboxylic acid groups (broad SMARTS) is 1. The zero-order chi connectivity index (χ0) is 22.1. The van der Waals surface area contributed by atoms with E-state index in [4.69, 9.17) is 23.2 Å². The highest BCUT2D eigenvalue weighted by atomic mass is 35.5. The van der Waals surface area contributed by atoms with Gasteiger partial charge in [0.25, 0.3) is 0 Å². The molecule has 0 saturated carbocycles. The number of hydrogen-bond acceptors (Lipinski definition) is 4. The highest BCUT2D eigenvalue weighted by molar-refractivity contribution is 8.04. The van der Waals surface area contributed by atoms with Gasteiger partial charge in [0.1, 0.15) is 10.7 Å². The van der Waals surface area contributed by atoms with Gasteiger partial charge in [0.15, 0.2) is 0 Å². The third-order valence-electron chi connectivity index (χ3n) is 4.89. The number of nitrogens with one attached hydrogen (secondary N) is 1. The van der Waals surface area contributed by atoms with E-state index in [-0.39, 0.29) is 4.91 Å². The number of aliphatic carboxylic acids is 1. The molecule has 0 aliphatic heterocycles. The third kappa shape index (κ3) is 4.49. The van der Waals surface area contributed by atoms with E-state index in [0.29, 0.717) is 27.6 Å². The first-order chi connectivity index (χ1) is 14.8. The van der Waals surface area contributed by atoms with Crippen molar-refractivity contribution in [3.8, 4) is 0 Å². The van der Waals surface area contributed by atoms with Crippen molar-refractivity contribution in [2.24, 2.45) is 0 Å². The van der Waals surface area contributed by atoms with Gasteiger partial charge in [0, 0.05) is 38.8 Å². The van der Waals surface area contributed by atoms with E-state index >= 15 is 0 Å². The maximum atomic E-state index is 11.9. The smallest absolute Gasteiger partial charge is 0.342 e. The van der Waals surface area contributed by atoms with E-state index in [1.54, 1.807) is 19.1 Å². The van der Waals surface area contributed by atoms with Gasteiger partial charge in [0.05, 0.1) is 0 Å². The van der Waals surface area contributed by atoms with Crippen LogP contribution in [0.3, 0.4) is 0 Å². The van der Waals surface area contributed by atoms with Gasteiger partial charge >= 0.3 is 5.97 Å². The Morgan fingerprint density at radius 2 is 2.00 bits per heavy atom. The molecule has 0 fully saturated rings. The van der Waals surface area contributed by atoms with Crippen LogP contribution in [0.2, 0.25) is 10.0 Å². The minimum atomic E-state index is -1.04. The monoisotopic (exact) mass is 472 g/mol. The first-order valence-electron chi connectivity index (χ1n) is 9.37. The number of benzene rings is 2. The largest absolute Gasteiger partial charge is 0.477 e. The van der Waals surface area contributed by atoms with E-state index in [1.165, 1.54) is 0 Å². The van der Waals surface area contributed by atoms with Gasteiger partial charge in [-0.15, -0.1) is 5.10 Å². The second-order valence-corrected chi connectivity index (χ2v) is 8.81. The molecule has 0 amide bonds. The molecule has 4 aromatic rings. The fourth-order valence-electron chi connectivity index (χ4n) is 3.40. The summed E-state index contributed by atoms with van der Waals surface area (Å²) < 4.78 is 2.12. The van der Waals surface area contributed by atoms with E-state index in [9.17, 15) is 9.90 Å². The molecule has 9 heteroatoms. The Bertz CT molecular complexity index is 1330. The van der Waals surface area contributed by atoms with E-state index in [1.807, 2.05) is 43.3 Å². The molecule has 0 atom stereocenters. The Morgan fingerprint density at radius 3 is 2.68 bits per heavy atom. The molecule has 0 bridgehead atoms. The molecule has 2 aromatic heterocycles. The van der Waals surface area contributed by atoms with Crippen LogP contribution >= 0.6 is 35.0 Å². The van der Waals surface area contributed by atoms with Gasteiger partial charge < -0.3 is 9.67 Å². The van der Waals surface area contributed by atoms with Gasteiger partial charge in [-0.05, 0) is 55.4 Å². The number of nitrogens with zero attached hydrogens (tertiary/aromatic N) is 3. The lowest BCUT2D eigenvalue weighted by atomic mass is 10.1. The normalized spacial score (nSPS) is 11.9. The molecule has 0 aliphatic carbocycles. The van der Waals surface area contributed by atoms with Gasteiger partial charge in [0.2, 0.25) is 5.16 Å². The number of aromatic nitrogens is 4. The molecule has 0 radical (unpaired) electrons. The van der Waals surface area contributed by atoms with Crippen molar-refractivity contribution in [3.05, 3.63) is 80.1 Å². The maximum absolute atomic E-state index is 11.9.